The standard InChI is InChI=1S/C16H25N3O3S2/c1-12-10-13(6-7-17-12)18-15(20)11-14-4-5-16(23-14)24(21,22)19-8-2-3-9-19/h4-5,12-13,17H,2-3,6-11H2,1H3,(H,18,20). The summed E-state index contributed by atoms with van der Waals surface area (Å²) < 4.78 is 26.9. The van der Waals surface area contributed by atoms with Gasteiger partial charge in [-0.1, -0.05) is 0 Å². The number of nitrogens with one attached hydrogen (secondary N) is 2. The third-order valence-corrected chi connectivity index (χ3v) is 8.07. The van der Waals surface area contributed by atoms with Crippen molar-refractivity contribution in [2.75, 3.05) is 19.6 Å². The van der Waals surface area contributed by atoms with Crippen LogP contribution in [0.2, 0.25) is 0 Å². The quantitative estimate of drug-likeness (QED) is 0.819. The van der Waals surface area contributed by atoms with E-state index < -0.39 is 10.0 Å². The number of sulfonamides is 1. The third-order valence-electron chi connectivity index (χ3n) is 4.62. The van der Waals surface area contributed by atoms with E-state index in [-0.39, 0.29) is 18.4 Å². The monoisotopic (exact) mass is 371 g/mol. The van der Waals surface area contributed by atoms with Crippen molar-refractivity contribution < 1.29 is 13.2 Å². The van der Waals surface area contributed by atoms with Gasteiger partial charge in [0.25, 0.3) is 10.0 Å². The van der Waals surface area contributed by atoms with E-state index in [1.807, 2.05) is 0 Å². The fraction of sp³-hybridized carbons (Fsp3) is 0.688. The number of piperidine rings is 1. The molecule has 0 saturated carbocycles. The van der Waals surface area contributed by atoms with Crippen LogP contribution in [0, 0.1) is 0 Å². The minimum absolute atomic E-state index is 0.0268. The van der Waals surface area contributed by atoms with Gasteiger partial charge in [0.1, 0.15) is 4.21 Å². The summed E-state index contributed by atoms with van der Waals surface area (Å²) in [4.78, 5) is 13.0. The number of thiophene rings is 1. The number of hydrogen-bond acceptors (Lipinski definition) is 5. The first-order valence-electron chi connectivity index (χ1n) is 8.57. The number of carbonyl (C=O) groups is 1. The van der Waals surface area contributed by atoms with E-state index in [0.29, 0.717) is 23.3 Å². The highest BCUT2D eigenvalue weighted by molar-refractivity contribution is 7.91. The maximum absolute atomic E-state index is 12.5. The molecule has 0 spiro atoms. The number of hydrogen-bond donors (Lipinski definition) is 2. The molecule has 2 unspecified atom stereocenters. The summed E-state index contributed by atoms with van der Waals surface area (Å²) in [6, 6.07) is 4.02. The summed E-state index contributed by atoms with van der Waals surface area (Å²) in [5.41, 5.74) is 0. The smallest absolute Gasteiger partial charge is 0.252 e. The molecule has 1 amide bonds. The van der Waals surface area contributed by atoms with Crippen LogP contribution >= 0.6 is 11.3 Å². The summed E-state index contributed by atoms with van der Waals surface area (Å²) in [7, 11) is -3.38. The minimum Gasteiger partial charge on any atom is -0.353 e. The van der Waals surface area contributed by atoms with Crippen molar-refractivity contribution in [1.29, 1.82) is 0 Å². The Morgan fingerprint density at radius 3 is 2.83 bits per heavy atom. The summed E-state index contributed by atoms with van der Waals surface area (Å²) in [6.45, 7) is 4.24. The zero-order chi connectivity index (χ0) is 17.2. The summed E-state index contributed by atoms with van der Waals surface area (Å²) >= 11 is 1.21. The summed E-state index contributed by atoms with van der Waals surface area (Å²) in [5.74, 6) is -0.0268. The van der Waals surface area contributed by atoms with Crippen LogP contribution in [-0.2, 0) is 21.2 Å². The molecular weight excluding hydrogens is 346 g/mol. The van der Waals surface area contributed by atoms with Gasteiger partial charge < -0.3 is 10.6 Å². The Kier molecular flexibility index (Phi) is 5.59. The van der Waals surface area contributed by atoms with Gasteiger partial charge in [-0.3, -0.25) is 4.79 Å². The fourth-order valence-corrected chi connectivity index (χ4v) is 6.37. The van der Waals surface area contributed by atoms with Crippen LogP contribution in [0.1, 0.15) is 37.5 Å². The molecule has 2 saturated heterocycles. The zero-order valence-corrected chi connectivity index (χ0v) is 15.6. The summed E-state index contributed by atoms with van der Waals surface area (Å²) in [6.07, 6.45) is 3.97. The van der Waals surface area contributed by atoms with Crippen molar-refractivity contribution in [1.82, 2.24) is 14.9 Å². The van der Waals surface area contributed by atoms with Crippen LogP contribution < -0.4 is 10.6 Å². The lowest BCUT2D eigenvalue weighted by molar-refractivity contribution is -0.121. The van der Waals surface area contributed by atoms with Crippen LogP contribution in [-0.4, -0.2) is 50.3 Å². The molecular formula is C16H25N3O3S2. The normalized spacial score (nSPS) is 25.7. The van der Waals surface area contributed by atoms with E-state index in [0.717, 1.165) is 37.1 Å². The molecule has 2 aliphatic heterocycles. The lowest BCUT2D eigenvalue weighted by Crippen LogP contribution is -2.46. The molecule has 2 N–H and O–H groups in total. The van der Waals surface area contributed by atoms with Crippen molar-refractivity contribution in [2.45, 2.75) is 55.3 Å². The van der Waals surface area contributed by atoms with Crippen molar-refractivity contribution in [3.63, 3.8) is 0 Å². The second kappa shape index (κ2) is 7.51. The minimum atomic E-state index is -3.38. The maximum atomic E-state index is 12.5. The first-order valence-corrected chi connectivity index (χ1v) is 10.8. The molecule has 2 fully saturated rings. The molecule has 2 atom stereocenters. The predicted molar refractivity (Wildman–Crippen MR) is 94.6 cm³/mol. The number of rotatable bonds is 5. The van der Waals surface area contributed by atoms with Crippen LogP contribution in [0.3, 0.4) is 0 Å². The topological polar surface area (TPSA) is 78.5 Å². The van der Waals surface area contributed by atoms with Gasteiger partial charge in [0.15, 0.2) is 0 Å². The van der Waals surface area contributed by atoms with Crippen molar-refractivity contribution in [3.8, 4) is 0 Å². The van der Waals surface area contributed by atoms with E-state index in [1.54, 1.807) is 16.4 Å². The Morgan fingerprint density at radius 2 is 2.12 bits per heavy atom. The van der Waals surface area contributed by atoms with Gasteiger partial charge >= 0.3 is 0 Å². The highest BCUT2D eigenvalue weighted by atomic mass is 32.2. The zero-order valence-electron chi connectivity index (χ0n) is 14.0. The number of carbonyl (C=O) groups excluding carboxylic acids is 1. The molecule has 134 valence electrons. The van der Waals surface area contributed by atoms with E-state index in [9.17, 15) is 13.2 Å². The van der Waals surface area contributed by atoms with Gasteiger partial charge in [-0.2, -0.15) is 4.31 Å². The van der Waals surface area contributed by atoms with Gasteiger partial charge in [0.05, 0.1) is 6.42 Å². The molecule has 6 nitrogen and oxygen atoms in total. The molecule has 3 heterocycles. The predicted octanol–water partition coefficient (Wildman–Crippen LogP) is 1.33. The average Bonchev–Trinajstić information content (AvgIpc) is 3.18. The molecule has 1 aromatic rings. The second-order valence-electron chi connectivity index (χ2n) is 6.65. The van der Waals surface area contributed by atoms with Crippen LogP contribution in [0.25, 0.3) is 0 Å². The van der Waals surface area contributed by atoms with E-state index in [4.69, 9.17) is 0 Å². The lowest BCUT2D eigenvalue weighted by atomic mass is 10.0. The first kappa shape index (κ1) is 17.8. The lowest BCUT2D eigenvalue weighted by Gasteiger charge is -2.28. The van der Waals surface area contributed by atoms with Crippen molar-refractivity contribution in [2.24, 2.45) is 0 Å². The highest BCUT2D eigenvalue weighted by Crippen LogP contribution is 2.27. The molecule has 8 heteroatoms. The molecule has 24 heavy (non-hydrogen) atoms. The number of amides is 1. The molecule has 1 aromatic heterocycles. The Hall–Kier alpha value is -0.960. The Bertz CT molecular complexity index is 680. The van der Waals surface area contributed by atoms with Gasteiger partial charge in [-0.25, -0.2) is 8.42 Å². The molecule has 0 bridgehead atoms. The van der Waals surface area contributed by atoms with Gasteiger partial charge in [-0.05, 0) is 51.3 Å². The van der Waals surface area contributed by atoms with Crippen LogP contribution in [0.4, 0.5) is 0 Å². The molecule has 0 aliphatic carbocycles. The first-order chi connectivity index (χ1) is 11.4. The Labute approximate surface area is 147 Å². The molecule has 2 aliphatic rings. The SMILES string of the molecule is CC1CC(NC(=O)Cc2ccc(S(=O)(=O)N3CCCC3)s2)CCN1. The molecule has 3 rings (SSSR count). The largest absolute Gasteiger partial charge is 0.353 e. The van der Waals surface area contributed by atoms with Crippen molar-refractivity contribution >= 4 is 27.3 Å². The van der Waals surface area contributed by atoms with E-state index in [1.165, 1.54) is 11.3 Å². The fourth-order valence-electron chi connectivity index (χ4n) is 3.35. The Balaban J connectivity index is 1.58. The summed E-state index contributed by atoms with van der Waals surface area (Å²) in [5, 5.41) is 6.43. The van der Waals surface area contributed by atoms with Crippen LogP contribution in [0.5, 0.6) is 0 Å². The second-order valence-corrected chi connectivity index (χ2v) is 9.99. The number of nitrogens with zero attached hydrogens (tertiary/aromatic N) is 1. The van der Waals surface area contributed by atoms with Gasteiger partial charge in [0.2, 0.25) is 5.91 Å². The highest BCUT2D eigenvalue weighted by Gasteiger charge is 2.28. The molecule has 0 radical (unpaired) electrons. The van der Waals surface area contributed by atoms with E-state index >= 15 is 0 Å². The maximum Gasteiger partial charge on any atom is 0.252 e. The van der Waals surface area contributed by atoms with E-state index in [2.05, 4.69) is 17.6 Å². The van der Waals surface area contributed by atoms with Crippen LogP contribution in [0.15, 0.2) is 16.3 Å². The third kappa shape index (κ3) is 4.17. The van der Waals surface area contributed by atoms with Gasteiger partial charge in [0, 0.05) is 30.1 Å². The Morgan fingerprint density at radius 1 is 1.38 bits per heavy atom. The average molecular weight is 372 g/mol. The van der Waals surface area contributed by atoms with Gasteiger partial charge in [-0.15, -0.1) is 11.3 Å². The van der Waals surface area contributed by atoms with Crippen molar-refractivity contribution in [3.05, 3.63) is 17.0 Å². The molecule has 0 aromatic carbocycles.